The zero-order valence-corrected chi connectivity index (χ0v) is 19.2. The molecule has 0 radical (unpaired) electrons. The Bertz CT molecular complexity index is 1070. The monoisotopic (exact) mass is 493 g/mol. The Balaban J connectivity index is 1.75. The van der Waals surface area contributed by atoms with E-state index in [0.29, 0.717) is 36.3 Å². The van der Waals surface area contributed by atoms with E-state index >= 15 is 0 Å². The molecule has 0 aliphatic carbocycles. The summed E-state index contributed by atoms with van der Waals surface area (Å²) in [5, 5.41) is 2.79. The van der Waals surface area contributed by atoms with Crippen LogP contribution in [0.4, 0.5) is 17.1 Å². The lowest BCUT2D eigenvalue weighted by Crippen LogP contribution is -2.33. The van der Waals surface area contributed by atoms with Gasteiger partial charge in [-0.1, -0.05) is 25.1 Å². The van der Waals surface area contributed by atoms with Crippen molar-refractivity contribution in [2.45, 2.75) is 26.7 Å². The number of rotatable bonds is 7. The Morgan fingerprint density at radius 3 is 2.57 bits per heavy atom. The molecule has 1 fully saturated rings. The number of nitrogens with one attached hydrogen (secondary N) is 2. The molecule has 2 aromatic rings. The number of halogens is 1. The molecule has 1 heterocycles. The van der Waals surface area contributed by atoms with Crippen LogP contribution in [0.1, 0.15) is 25.3 Å². The molecule has 0 aromatic heterocycles. The summed E-state index contributed by atoms with van der Waals surface area (Å²) in [5.74, 6) is -1.43. The van der Waals surface area contributed by atoms with E-state index < -0.39 is 21.8 Å². The molecule has 0 saturated carbocycles. The number of carbonyl (C=O) groups excluding carboxylic acids is 2. The van der Waals surface area contributed by atoms with Gasteiger partial charge >= 0.3 is 0 Å². The van der Waals surface area contributed by atoms with Crippen molar-refractivity contribution in [2.24, 2.45) is 5.92 Å². The third-order valence-electron chi connectivity index (χ3n) is 5.00. The number of nitrogens with zero attached hydrogens (tertiary/aromatic N) is 1. The normalized spacial score (nSPS) is 16.6. The highest BCUT2D eigenvalue weighted by atomic mass is 79.9. The van der Waals surface area contributed by atoms with Crippen LogP contribution in [-0.2, 0) is 19.6 Å². The molecule has 1 saturated heterocycles. The van der Waals surface area contributed by atoms with Gasteiger partial charge in [0.15, 0.2) is 0 Å². The molecule has 160 valence electrons. The van der Waals surface area contributed by atoms with E-state index in [0.717, 1.165) is 10.2 Å². The minimum atomic E-state index is -3.45. The maximum atomic E-state index is 12.9. The van der Waals surface area contributed by atoms with Crippen LogP contribution in [-0.4, -0.2) is 32.5 Å². The Kier molecular flexibility index (Phi) is 6.82. The number of hydrogen-bond donors (Lipinski definition) is 2. The van der Waals surface area contributed by atoms with Crippen LogP contribution in [0.15, 0.2) is 46.9 Å². The van der Waals surface area contributed by atoms with Gasteiger partial charge in [-0.3, -0.25) is 14.3 Å². The van der Waals surface area contributed by atoms with E-state index in [1.807, 2.05) is 24.3 Å². The lowest BCUT2D eigenvalue weighted by Gasteiger charge is -2.19. The number of amides is 2. The van der Waals surface area contributed by atoms with Crippen LogP contribution in [0.25, 0.3) is 0 Å². The van der Waals surface area contributed by atoms with Crippen LogP contribution < -0.4 is 14.9 Å². The number of anilines is 3. The smallest absolute Gasteiger partial charge is 0.239 e. The number of carbonyl (C=O) groups is 2. The van der Waals surface area contributed by atoms with E-state index in [4.69, 9.17) is 0 Å². The molecule has 9 heteroatoms. The SMILES string of the molecule is CCCS(=O)(=O)Nc1cccc(NC(=O)C2CCN(c3ccccc3Br)C2=O)c1C. The average molecular weight is 494 g/mol. The van der Waals surface area contributed by atoms with Crippen LogP contribution >= 0.6 is 15.9 Å². The van der Waals surface area contributed by atoms with Gasteiger partial charge in [0.1, 0.15) is 5.92 Å². The minimum Gasteiger partial charge on any atom is -0.325 e. The second-order valence-corrected chi connectivity index (χ2v) is 9.87. The van der Waals surface area contributed by atoms with Gasteiger partial charge in [0.05, 0.1) is 17.1 Å². The van der Waals surface area contributed by atoms with Crippen LogP contribution in [0.5, 0.6) is 0 Å². The van der Waals surface area contributed by atoms with Crippen LogP contribution in [0.3, 0.4) is 0 Å². The molecule has 2 amide bonds. The number of para-hydroxylation sites is 1. The van der Waals surface area contributed by atoms with Crippen molar-refractivity contribution in [3.63, 3.8) is 0 Å². The fourth-order valence-electron chi connectivity index (χ4n) is 3.42. The molecule has 0 spiro atoms. The van der Waals surface area contributed by atoms with Gasteiger partial charge in [0.25, 0.3) is 0 Å². The maximum Gasteiger partial charge on any atom is 0.239 e. The Morgan fingerprint density at radius 1 is 1.17 bits per heavy atom. The van der Waals surface area contributed by atoms with Crippen LogP contribution in [0, 0.1) is 12.8 Å². The Hall–Kier alpha value is -2.39. The maximum absolute atomic E-state index is 12.9. The summed E-state index contributed by atoms with van der Waals surface area (Å²) in [4.78, 5) is 27.3. The van der Waals surface area contributed by atoms with Gasteiger partial charge in [0.2, 0.25) is 21.8 Å². The number of benzene rings is 2. The van der Waals surface area contributed by atoms with E-state index in [1.165, 1.54) is 0 Å². The average Bonchev–Trinajstić information content (AvgIpc) is 3.06. The lowest BCUT2D eigenvalue weighted by molar-refractivity contribution is -0.129. The van der Waals surface area contributed by atoms with Crippen molar-refractivity contribution < 1.29 is 18.0 Å². The summed E-state index contributed by atoms with van der Waals surface area (Å²) in [6.07, 6.45) is 0.913. The molecule has 2 N–H and O–H groups in total. The summed E-state index contributed by atoms with van der Waals surface area (Å²) in [5.41, 5.74) is 2.22. The predicted molar refractivity (Wildman–Crippen MR) is 122 cm³/mol. The van der Waals surface area contributed by atoms with E-state index in [1.54, 1.807) is 36.9 Å². The van der Waals surface area contributed by atoms with E-state index in [9.17, 15) is 18.0 Å². The lowest BCUT2D eigenvalue weighted by atomic mass is 10.1. The molecule has 1 aliphatic rings. The predicted octanol–water partition coefficient (Wildman–Crippen LogP) is 3.90. The number of sulfonamides is 1. The van der Waals surface area contributed by atoms with E-state index in [2.05, 4.69) is 26.0 Å². The van der Waals surface area contributed by atoms with Crippen LogP contribution in [0.2, 0.25) is 0 Å². The number of hydrogen-bond acceptors (Lipinski definition) is 4. The molecule has 1 unspecified atom stereocenters. The molecule has 30 heavy (non-hydrogen) atoms. The highest BCUT2D eigenvalue weighted by molar-refractivity contribution is 9.10. The van der Waals surface area contributed by atoms with Crippen molar-refractivity contribution in [1.82, 2.24) is 0 Å². The molecule has 2 aromatic carbocycles. The van der Waals surface area contributed by atoms with Gasteiger partial charge in [-0.15, -0.1) is 0 Å². The minimum absolute atomic E-state index is 0.0183. The summed E-state index contributed by atoms with van der Waals surface area (Å²) in [6, 6.07) is 12.4. The third kappa shape index (κ3) is 4.84. The second kappa shape index (κ2) is 9.18. The first-order valence-corrected chi connectivity index (χ1v) is 12.1. The summed E-state index contributed by atoms with van der Waals surface area (Å²) in [7, 11) is -3.45. The largest absolute Gasteiger partial charge is 0.325 e. The van der Waals surface area contributed by atoms with Gasteiger partial charge in [-0.25, -0.2) is 8.42 Å². The topological polar surface area (TPSA) is 95.6 Å². The Labute approximate surface area is 185 Å². The quantitative estimate of drug-likeness (QED) is 0.571. The van der Waals surface area contributed by atoms with Gasteiger partial charge in [0, 0.05) is 16.7 Å². The fraction of sp³-hybridized carbons (Fsp3) is 0.333. The molecule has 1 atom stereocenters. The van der Waals surface area contributed by atoms with Gasteiger partial charge < -0.3 is 10.2 Å². The van der Waals surface area contributed by atoms with Crippen molar-refractivity contribution in [2.75, 3.05) is 27.2 Å². The standard InChI is InChI=1S/C21H24BrN3O4S/c1-3-13-30(28,29)24-18-9-6-8-17(14(18)2)23-20(26)15-11-12-25(21(15)27)19-10-5-4-7-16(19)22/h4-10,15,24H,3,11-13H2,1-2H3,(H,23,26). The molecular weight excluding hydrogens is 470 g/mol. The van der Waals surface area contributed by atoms with Gasteiger partial charge in [-0.2, -0.15) is 0 Å². The van der Waals surface area contributed by atoms with Crippen molar-refractivity contribution >= 4 is 54.8 Å². The second-order valence-electron chi connectivity index (χ2n) is 7.17. The molecule has 7 nitrogen and oxygen atoms in total. The highest BCUT2D eigenvalue weighted by Gasteiger charge is 2.38. The first-order valence-electron chi connectivity index (χ1n) is 9.70. The third-order valence-corrected chi connectivity index (χ3v) is 7.14. The summed E-state index contributed by atoms with van der Waals surface area (Å²) < 4.78 is 27.5. The van der Waals surface area contributed by atoms with Crippen molar-refractivity contribution in [3.05, 3.63) is 52.5 Å². The van der Waals surface area contributed by atoms with Crippen molar-refractivity contribution in [3.8, 4) is 0 Å². The first-order chi connectivity index (χ1) is 14.2. The van der Waals surface area contributed by atoms with Crippen molar-refractivity contribution in [1.29, 1.82) is 0 Å². The molecular formula is C21H24BrN3O4S. The molecule has 3 rings (SSSR count). The highest BCUT2D eigenvalue weighted by Crippen LogP contribution is 2.32. The van der Waals surface area contributed by atoms with Gasteiger partial charge in [-0.05, 0) is 65.5 Å². The van der Waals surface area contributed by atoms with E-state index in [-0.39, 0.29) is 11.7 Å². The summed E-state index contributed by atoms with van der Waals surface area (Å²) in [6.45, 7) is 3.97. The Morgan fingerprint density at radius 2 is 1.87 bits per heavy atom. The molecule has 1 aliphatic heterocycles. The summed E-state index contributed by atoms with van der Waals surface area (Å²) >= 11 is 3.45. The first kappa shape index (κ1) is 22.3. The fourth-order valence-corrected chi connectivity index (χ4v) is 5.12. The zero-order chi connectivity index (χ0) is 21.9. The zero-order valence-electron chi connectivity index (χ0n) is 16.8. The molecule has 0 bridgehead atoms.